The van der Waals surface area contributed by atoms with E-state index < -0.39 is 5.97 Å². The second kappa shape index (κ2) is 4.94. The summed E-state index contributed by atoms with van der Waals surface area (Å²) in [7, 11) is 0. The van der Waals surface area contributed by atoms with E-state index in [1.165, 1.54) is 0 Å². The molecule has 1 fully saturated rings. The van der Waals surface area contributed by atoms with Gasteiger partial charge in [-0.15, -0.1) is 11.8 Å². The molecule has 3 rings (SSSR count). The summed E-state index contributed by atoms with van der Waals surface area (Å²) in [4.78, 5) is 15.4. The van der Waals surface area contributed by atoms with Gasteiger partial charge in [0.2, 0.25) is 11.7 Å². The third kappa shape index (κ3) is 2.31. The number of rotatable bonds is 3. The lowest BCUT2D eigenvalue weighted by Gasteiger charge is -2.16. The van der Waals surface area contributed by atoms with Crippen LogP contribution < -0.4 is 0 Å². The Morgan fingerprint density at radius 3 is 3.05 bits per heavy atom. The summed E-state index contributed by atoms with van der Waals surface area (Å²) in [6.45, 7) is 2.11. The van der Waals surface area contributed by atoms with Crippen molar-refractivity contribution in [3.05, 3.63) is 35.7 Å². The predicted octanol–water partition coefficient (Wildman–Crippen LogP) is 3.18. The molecule has 1 unspecified atom stereocenters. The maximum Gasteiger partial charge on any atom is 0.335 e. The van der Waals surface area contributed by atoms with Crippen LogP contribution in [0.15, 0.2) is 28.8 Å². The molecular formula is C14H14N2O3S. The van der Waals surface area contributed by atoms with Gasteiger partial charge in [0, 0.05) is 5.56 Å². The van der Waals surface area contributed by atoms with Crippen LogP contribution in [0.1, 0.15) is 36.0 Å². The van der Waals surface area contributed by atoms with E-state index in [1.807, 2.05) is 11.8 Å². The molecule has 1 saturated heterocycles. The highest BCUT2D eigenvalue weighted by atomic mass is 32.2. The normalized spacial score (nSPS) is 22.1. The number of aromatic nitrogens is 2. The number of nitrogens with zero attached hydrogens (tertiary/aromatic N) is 2. The maximum atomic E-state index is 11.0. The zero-order chi connectivity index (χ0) is 14.2. The minimum absolute atomic E-state index is 0.115. The quantitative estimate of drug-likeness (QED) is 0.935. The van der Waals surface area contributed by atoms with Gasteiger partial charge in [0.15, 0.2) is 0 Å². The van der Waals surface area contributed by atoms with Crippen LogP contribution in [0.2, 0.25) is 0 Å². The summed E-state index contributed by atoms with van der Waals surface area (Å²) >= 11 is 1.82. The van der Waals surface area contributed by atoms with E-state index in [4.69, 9.17) is 9.63 Å². The van der Waals surface area contributed by atoms with Crippen LogP contribution in [0.3, 0.4) is 0 Å². The third-order valence-electron chi connectivity index (χ3n) is 3.46. The predicted molar refractivity (Wildman–Crippen MR) is 75.7 cm³/mol. The van der Waals surface area contributed by atoms with Gasteiger partial charge in [-0.05, 0) is 37.7 Å². The van der Waals surface area contributed by atoms with E-state index in [0.29, 0.717) is 17.3 Å². The van der Waals surface area contributed by atoms with Crippen LogP contribution in [0.5, 0.6) is 0 Å². The van der Waals surface area contributed by atoms with Crippen molar-refractivity contribution in [1.29, 1.82) is 0 Å². The van der Waals surface area contributed by atoms with E-state index in [-0.39, 0.29) is 10.3 Å². The highest BCUT2D eigenvalue weighted by Crippen LogP contribution is 2.45. The summed E-state index contributed by atoms with van der Waals surface area (Å²) in [5.74, 6) is 1.20. The van der Waals surface area contributed by atoms with Crippen LogP contribution in [-0.2, 0) is 4.75 Å². The standard InChI is InChI=1S/C14H14N2O3S/c1-14(6-3-7-20-14)13-15-11(16-19-13)9-4-2-5-10(8-9)12(17)18/h2,4-5,8H,3,6-7H2,1H3,(H,17,18). The number of hydrogen-bond donors (Lipinski definition) is 1. The molecule has 2 heterocycles. The Kier molecular flexibility index (Phi) is 3.25. The molecule has 0 amide bonds. The van der Waals surface area contributed by atoms with Crippen LogP contribution in [0.4, 0.5) is 0 Å². The number of aromatic carboxylic acids is 1. The van der Waals surface area contributed by atoms with Crippen molar-refractivity contribution in [3.63, 3.8) is 0 Å². The van der Waals surface area contributed by atoms with Crippen LogP contribution in [0, 0.1) is 0 Å². The molecule has 104 valence electrons. The Morgan fingerprint density at radius 1 is 1.50 bits per heavy atom. The van der Waals surface area contributed by atoms with Gasteiger partial charge in [0.25, 0.3) is 0 Å². The molecule has 0 saturated carbocycles. The molecule has 0 spiro atoms. The average molecular weight is 290 g/mol. The van der Waals surface area contributed by atoms with Gasteiger partial charge >= 0.3 is 5.97 Å². The van der Waals surface area contributed by atoms with Gasteiger partial charge in [-0.25, -0.2) is 4.79 Å². The molecule has 1 N–H and O–H groups in total. The lowest BCUT2D eigenvalue weighted by Crippen LogP contribution is -2.12. The molecule has 20 heavy (non-hydrogen) atoms. The van der Waals surface area contributed by atoms with Gasteiger partial charge in [-0.1, -0.05) is 17.3 Å². The monoisotopic (exact) mass is 290 g/mol. The van der Waals surface area contributed by atoms with E-state index in [9.17, 15) is 4.79 Å². The number of carboxylic acid groups (broad SMARTS) is 1. The van der Waals surface area contributed by atoms with Gasteiger partial charge in [0.1, 0.15) is 0 Å². The van der Waals surface area contributed by atoms with Crippen molar-refractivity contribution in [2.45, 2.75) is 24.5 Å². The van der Waals surface area contributed by atoms with E-state index in [1.54, 1.807) is 24.3 Å². The van der Waals surface area contributed by atoms with Gasteiger partial charge in [-0.2, -0.15) is 4.98 Å². The number of benzene rings is 1. The molecule has 1 aromatic carbocycles. The van der Waals surface area contributed by atoms with Crippen molar-refractivity contribution in [2.24, 2.45) is 0 Å². The Bertz CT molecular complexity index is 647. The minimum atomic E-state index is -0.964. The lowest BCUT2D eigenvalue weighted by molar-refractivity contribution is 0.0697. The third-order valence-corrected chi connectivity index (χ3v) is 4.97. The van der Waals surface area contributed by atoms with Crippen LogP contribution in [-0.4, -0.2) is 27.0 Å². The molecule has 6 heteroatoms. The van der Waals surface area contributed by atoms with Crippen molar-refractivity contribution < 1.29 is 14.4 Å². The van der Waals surface area contributed by atoms with Gasteiger partial charge < -0.3 is 9.63 Å². The molecule has 0 radical (unpaired) electrons. The first-order chi connectivity index (χ1) is 9.58. The first-order valence-electron chi connectivity index (χ1n) is 6.40. The Morgan fingerprint density at radius 2 is 2.35 bits per heavy atom. The zero-order valence-corrected chi connectivity index (χ0v) is 11.8. The summed E-state index contributed by atoms with van der Waals surface area (Å²) in [6.07, 6.45) is 2.17. The topological polar surface area (TPSA) is 76.2 Å². The van der Waals surface area contributed by atoms with Crippen molar-refractivity contribution in [2.75, 3.05) is 5.75 Å². The molecule has 2 aromatic rings. The fourth-order valence-electron chi connectivity index (χ4n) is 2.29. The molecule has 1 atom stereocenters. The van der Waals surface area contributed by atoms with Crippen LogP contribution >= 0.6 is 11.8 Å². The Balaban J connectivity index is 1.94. The molecule has 1 aliphatic rings. The SMILES string of the molecule is CC1(c2nc(-c3cccc(C(=O)O)c3)no2)CCCS1. The maximum absolute atomic E-state index is 11.0. The fraction of sp³-hybridized carbons (Fsp3) is 0.357. The number of carbonyl (C=O) groups is 1. The van der Waals surface area contributed by atoms with Crippen molar-refractivity contribution in [1.82, 2.24) is 10.1 Å². The van der Waals surface area contributed by atoms with Crippen molar-refractivity contribution >= 4 is 17.7 Å². The summed E-state index contributed by atoms with van der Waals surface area (Å²) < 4.78 is 5.26. The Hall–Kier alpha value is -1.82. The summed E-state index contributed by atoms with van der Waals surface area (Å²) in [6, 6.07) is 6.56. The van der Waals surface area contributed by atoms with Crippen LogP contribution in [0.25, 0.3) is 11.4 Å². The Labute approximate surface area is 120 Å². The molecule has 0 bridgehead atoms. The average Bonchev–Trinajstić information content (AvgIpc) is 3.08. The highest BCUT2D eigenvalue weighted by Gasteiger charge is 2.37. The van der Waals surface area contributed by atoms with Gasteiger partial charge in [-0.3, -0.25) is 0 Å². The highest BCUT2D eigenvalue weighted by molar-refractivity contribution is 8.00. The molecule has 1 aliphatic heterocycles. The largest absolute Gasteiger partial charge is 0.478 e. The molecule has 1 aromatic heterocycles. The lowest BCUT2D eigenvalue weighted by atomic mass is 10.1. The summed E-state index contributed by atoms with van der Waals surface area (Å²) in [5.41, 5.74) is 0.877. The van der Waals surface area contributed by atoms with Crippen molar-refractivity contribution in [3.8, 4) is 11.4 Å². The van der Waals surface area contributed by atoms with Gasteiger partial charge in [0.05, 0.1) is 10.3 Å². The van der Waals surface area contributed by atoms with E-state index in [2.05, 4.69) is 17.1 Å². The minimum Gasteiger partial charge on any atom is -0.478 e. The van der Waals surface area contributed by atoms with E-state index >= 15 is 0 Å². The van der Waals surface area contributed by atoms with E-state index in [0.717, 1.165) is 18.6 Å². The number of hydrogen-bond acceptors (Lipinski definition) is 5. The molecule has 0 aliphatic carbocycles. The second-order valence-corrected chi connectivity index (χ2v) is 6.59. The number of carboxylic acids is 1. The first-order valence-corrected chi connectivity index (χ1v) is 7.39. The number of thioether (sulfide) groups is 1. The summed E-state index contributed by atoms with van der Waals surface area (Å²) in [5, 5.41) is 13.0. The second-order valence-electron chi connectivity index (χ2n) is 4.99. The molecular weight excluding hydrogens is 276 g/mol. The fourth-order valence-corrected chi connectivity index (χ4v) is 3.53. The molecule has 5 nitrogen and oxygen atoms in total. The zero-order valence-electron chi connectivity index (χ0n) is 11.0. The first kappa shape index (κ1) is 13.2. The smallest absolute Gasteiger partial charge is 0.335 e.